The maximum Gasteiger partial charge on any atom is 0.209 e. The van der Waals surface area contributed by atoms with E-state index >= 15 is 0 Å². The summed E-state index contributed by atoms with van der Waals surface area (Å²) in [6.07, 6.45) is 5.15. The van der Waals surface area contributed by atoms with Gasteiger partial charge in [0.05, 0.1) is 11.8 Å². The van der Waals surface area contributed by atoms with Crippen LogP contribution in [0.5, 0.6) is 0 Å². The predicted octanol–water partition coefficient (Wildman–Crippen LogP) is 2.53. The van der Waals surface area contributed by atoms with Gasteiger partial charge < -0.3 is 4.90 Å². The Bertz CT molecular complexity index is 363. The fourth-order valence-electron chi connectivity index (χ4n) is 1.74. The molecule has 1 saturated heterocycles. The molecule has 0 aliphatic carbocycles. The Morgan fingerprint density at radius 3 is 2.69 bits per heavy atom. The van der Waals surface area contributed by atoms with Crippen molar-refractivity contribution >= 4 is 28.2 Å². The fraction of sp³-hybridized carbons (Fsp3) is 0.700. The van der Waals surface area contributed by atoms with Gasteiger partial charge in [0.15, 0.2) is 4.34 Å². The van der Waals surface area contributed by atoms with Crippen molar-refractivity contribution in [2.24, 2.45) is 0 Å². The zero-order chi connectivity index (χ0) is 11.2. The van der Waals surface area contributed by atoms with Crippen LogP contribution in [0.25, 0.3) is 0 Å². The van der Waals surface area contributed by atoms with E-state index in [1.807, 2.05) is 0 Å². The molecule has 0 radical (unpaired) electrons. The molecule has 16 heavy (non-hydrogen) atoms. The molecule has 0 N–H and O–H groups in total. The van der Waals surface area contributed by atoms with Crippen LogP contribution in [0.2, 0.25) is 0 Å². The lowest BCUT2D eigenvalue weighted by Gasteiger charge is -2.17. The highest BCUT2D eigenvalue weighted by Crippen LogP contribution is 2.28. The first-order valence-electron chi connectivity index (χ1n) is 5.48. The number of hydrogen-bond acceptors (Lipinski definition) is 6. The summed E-state index contributed by atoms with van der Waals surface area (Å²) in [5.74, 6) is 0.453. The second-order valence-electron chi connectivity index (χ2n) is 3.70. The Hall–Kier alpha value is -0.800. The first kappa shape index (κ1) is 11.7. The average molecular weight is 254 g/mol. The summed E-state index contributed by atoms with van der Waals surface area (Å²) in [7, 11) is 0. The van der Waals surface area contributed by atoms with Gasteiger partial charge in [-0.05, 0) is 12.8 Å². The molecular formula is C10H14N4S2. The third kappa shape index (κ3) is 3.09. The maximum atomic E-state index is 8.50. The summed E-state index contributed by atoms with van der Waals surface area (Å²) < 4.78 is 0.904. The minimum absolute atomic E-state index is 0.453. The lowest BCUT2D eigenvalue weighted by Crippen LogP contribution is -2.23. The molecule has 0 spiro atoms. The quantitative estimate of drug-likeness (QED) is 0.776. The molecule has 0 unspecified atom stereocenters. The molecule has 1 aliphatic rings. The zero-order valence-electron chi connectivity index (χ0n) is 9.06. The number of anilines is 1. The van der Waals surface area contributed by atoms with Crippen molar-refractivity contribution in [1.82, 2.24) is 10.2 Å². The Balaban J connectivity index is 1.97. The molecule has 0 saturated carbocycles. The third-order valence-corrected chi connectivity index (χ3v) is 4.52. The van der Waals surface area contributed by atoms with Gasteiger partial charge in [0.25, 0.3) is 0 Å². The van der Waals surface area contributed by atoms with Gasteiger partial charge in [0.1, 0.15) is 0 Å². The molecule has 2 heterocycles. The highest BCUT2D eigenvalue weighted by atomic mass is 32.2. The van der Waals surface area contributed by atoms with Crippen molar-refractivity contribution in [2.75, 3.05) is 23.7 Å². The number of nitriles is 1. The molecule has 0 aromatic carbocycles. The fourth-order valence-corrected chi connectivity index (χ4v) is 3.30. The van der Waals surface area contributed by atoms with Crippen LogP contribution in [-0.2, 0) is 0 Å². The van der Waals surface area contributed by atoms with E-state index in [2.05, 4.69) is 21.2 Å². The molecule has 4 nitrogen and oxygen atoms in total. The highest BCUT2D eigenvalue weighted by molar-refractivity contribution is 8.01. The zero-order valence-corrected chi connectivity index (χ0v) is 10.7. The Kier molecular flexibility index (Phi) is 4.43. The summed E-state index contributed by atoms with van der Waals surface area (Å²) in [6, 6.07) is 2.10. The molecule has 6 heteroatoms. The van der Waals surface area contributed by atoms with E-state index < -0.39 is 0 Å². The third-order valence-electron chi connectivity index (χ3n) is 2.53. The second kappa shape index (κ2) is 6.06. The summed E-state index contributed by atoms with van der Waals surface area (Å²) >= 11 is 3.07. The Labute approximate surface area is 104 Å². The van der Waals surface area contributed by atoms with Gasteiger partial charge in [0, 0.05) is 13.1 Å². The van der Waals surface area contributed by atoms with Gasteiger partial charge in [-0.25, -0.2) is 0 Å². The lowest BCUT2D eigenvalue weighted by atomic mass is 10.2. The molecule has 0 atom stereocenters. The van der Waals surface area contributed by atoms with Crippen molar-refractivity contribution in [3.63, 3.8) is 0 Å². The first-order chi connectivity index (χ1) is 7.90. The SMILES string of the molecule is N#CCSc1nnc(N2CCCCCC2)s1. The molecule has 0 bridgehead atoms. The van der Waals surface area contributed by atoms with Crippen molar-refractivity contribution in [3.8, 4) is 6.07 Å². The van der Waals surface area contributed by atoms with Crippen molar-refractivity contribution in [3.05, 3.63) is 0 Å². The first-order valence-corrected chi connectivity index (χ1v) is 7.28. The van der Waals surface area contributed by atoms with Gasteiger partial charge in [0.2, 0.25) is 5.13 Å². The molecule has 0 amide bonds. The van der Waals surface area contributed by atoms with Crippen LogP contribution in [-0.4, -0.2) is 29.0 Å². The number of thioether (sulfide) groups is 1. The van der Waals surface area contributed by atoms with E-state index in [9.17, 15) is 0 Å². The molecule has 1 aromatic heterocycles. The topological polar surface area (TPSA) is 52.8 Å². The summed E-state index contributed by atoms with van der Waals surface area (Å²) in [4.78, 5) is 2.32. The maximum absolute atomic E-state index is 8.50. The minimum Gasteiger partial charge on any atom is -0.347 e. The van der Waals surface area contributed by atoms with Crippen LogP contribution in [0.4, 0.5) is 5.13 Å². The summed E-state index contributed by atoms with van der Waals surface area (Å²) in [6.45, 7) is 2.19. The standard InChI is InChI=1S/C10H14N4S2/c11-5-8-15-10-13-12-9(16-10)14-6-3-1-2-4-7-14/h1-4,6-8H2. The van der Waals surface area contributed by atoms with Crippen LogP contribution in [0.15, 0.2) is 4.34 Å². The van der Waals surface area contributed by atoms with E-state index in [0.29, 0.717) is 5.75 Å². The molecular weight excluding hydrogens is 240 g/mol. The van der Waals surface area contributed by atoms with Gasteiger partial charge in [-0.2, -0.15) is 5.26 Å². The number of nitrogens with zero attached hydrogens (tertiary/aromatic N) is 4. The highest BCUT2D eigenvalue weighted by Gasteiger charge is 2.14. The van der Waals surface area contributed by atoms with Crippen LogP contribution in [0.3, 0.4) is 0 Å². The second-order valence-corrected chi connectivity index (χ2v) is 5.88. The normalized spacial score (nSPS) is 16.8. The Morgan fingerprint density at radius 2 is 2.00 bits per heavy atom. The Morgan fingerprint density at radius 1 is 1.25 bits per heavy atom. The van der Waals surface area contributed by atoms with Crippen LogP contribution >= 0.6 is 23.1 Å². The summed E-state index contributed by atoms with van der Waals surface area (Å²) in [5.41, 5.74) is 0. The molecule has 1 fully saturated rings. The van der Waals surface area contributed by atoms with E-state index in [1.165, 1.54) is 37.4 Å². The number of hydrogen-bond donors (Lipinski definition) is 0. The van der Waals surface area contributed by atoms with Gasteiger partial charge in [-0.3, -0.25) is 0 Å². The molecule has 86 valence electrons. The summed E-state index contributed by atoms with van der Waals surface area (Å²) in [5, 5.41) is 17.8. The van der Waals surface area contributed by atoms with E-state index in [4.69, 9.17) is 5.26 Å². The molecule has 1 aliphatic heterocycles. The lowest BCUT2D eigenvalue weighted by molar-refractivity contribution is 0.726. The average Bonchev–Trinajstić information content (AvgIpc) is 2.60. The van der Waals surface area contributed by atoms with Gasteiger partial charge in [-0.15, -0.1) is 10.2 Å². The van der Waals surface area contributed by atoms with Gasteiger partial charge >= 0.3 is 0 Å². The van der Waals surface area contributed by atoms with Crippen LogP contribution in [0.1, 0.15) is 25.7 Å². The minimum atomic E-state index is 0.453. The van der Waals surface area contributed by atoms with E-state index in [1.54, 1.807) is 11.3 Å². The van der Waals surface area contributed by atoms with E-state index in [-0.39, 0.29) is 0 Å². The van der Waals surface area contributed by atoms with E-state index in [0.717, 1.165) is 22.6 Å². The number of aromatic nitrogens is 2. The van der Waals surface area contributed by atoms with Crippen molar-refractivity contribution in [2.45, 2.75) is 30.0 Å². The van der Waals surface area contributed by atoms with Crippen molar-refractivity contribution < 1.29 is 0 Å². The predicted molar refractivity (Wildman–Crippen MR) is 66.9 cm³/mol. The monoisotopic (exact) mass is 254 g/mol. The molecule has 1 aromatic rings. The van der Waals surface area contributed by atoms with Crippen molar-refractivity contribution in [1.29, 1.82) is 5.26 Å². The van der Waals surface area contributed by atoms with Crippen LogP contribution in [0, 0.1) is 11.3 Å². The van der Waals surface area contributed by atoms with Gasteiger partial charge in [-0.1, -0.05) is 35.9 Å². The van der Waals surface area contributed by atoms with Crippen LogP contribution < -0.4 is 4.90 Å². The number of rotatable bonds is 3. The largest absolute Gasteiger partial charge is 0.347 e. The molecule has 2 rings (SSSR count). The smallest absolute Gasteiger partial charge is 0.209 e.